The molecule has 0 aromatic carbocycles. The molecule has 18 unspecified atom stereocenters. The monoisotopic (exact) mass is 776 g/mol. The number of hydrogen-bond acceptors (Lipinski definition) is 21. The van der Waals surface area contributed by atoms with E-state index in [2.05, 4.69) is 0 Å². The normalized spacial score (nSPS) is 45.6. The predicted molar refractivity (Wildman–Crippen MR) is 168 cm³/mol. The molecule has 0 radical (unpaired) electrons. The van der Waals surface area contributed by atoms with Crippen LogP contribution in [0, 0.1) is 23.7 Å². The number of aliphatic hydroxyl groups is 11. The highest BCUT2D eigenvalue weighted by atomic mass is 16.8. The highest BCUT2D eigenvalue weighted by molar-refractivity contribution is 5.91. The largest absolute Gasteiger partial charge is 0.471 e. The number of hydrogen-bond donors (Lipinski definition) is 11. The third-order valence-corrected chi connectivity index (χ3v) is 10.6. The third kappa shape index (κ3) is 7.08. The van der Waals surface area contributed by atoms with Crippen LogP contribution in [-0.4, -0.2) is 187 Å². The van der Waals surface area contributed by atoms with Gasteiger partial charge < -0.3 is 94.1 Å². The van der Waals surface area contributed by atoms with Gasteiger partial charge >= 0.3 is 11.9 Å². The van der Waals surface area contributed by atoms with E-state index in [9.17, 15) is 65.8 Å². The number of carbonyl (C=O) groups is 2. The van der Waals surface area contributed by atoms with E-state index in [1.807, 2.05) is 0 Å². The summed E-state index contributed by atoms with van der Waals surface area (Å²) in [5, 5.41) is 113. The van der Waals surface area contributed by atoms with Gasteiger partial charge in [-0.05, 0) is 11.6 Å². The van der Waals surface area contributed by atoms with E-state index < -0.39 is 148 Å². The summed E-state index contributed by atoms with van der Waals surface area (Å²) < 4.78 is 44.5. The average Bonchev–Trinajstić information content (AvgIpc) is 3.73. The van der Waals surface area contributed by atoms with Crippen molar-refractivity contribution in [3.05, 3.63) is 47.5 Å². The first-order chi connectivity index (χ1) is 25.7. The molecule has 0 amide bonds. The van der Waals surface area contributed by atoms with Gasteiger partial charge in [0, 0.05) is 11.8 Å². The summed E-state index contributed by atoms with van der Waals surface area (Å²) in [5.41, 5.74) is -2.27. The summed E-state index contributed by atoms with van der Waals surface area (Å²) in [5.74, 6) is -6.58. The minimum Gasteiger partial charge on any atom is -0.471 e. The second-order valence-corrected chi connectivity index (χ2v) is 13.7. The molecule has 0 saturated carbocycles. The van der Waals surface area contributed by atoms with Crippen molar-refractivity contribution >= 4 is 11.9 Å². The molecule has 4 aliphatic heterocycles. The molecule has 0 bridgehead atoms. The van der Waals surface area contributed by atoms with Gasteiger partial charge in [0.2, 0.25) is 12.6 Å². The molecule has 6 aliphatic rings. The first-order valence-corrected chi connectivity index (χ1v) is 17.0. The number of esters is 2. The fraction of sp³-hybridized carbons (Fsp3) is 0.697. The SMILES string of the molecule is COC(=O)C1=COC(OC2OC(CO)C(O)C(O)C2O)C2C(CO)=CC(OC(=O)C3=COC(OC4OC(CO)C(O)C(O)C4O)C4C3C=CC4(O)CO)C12. The molecule has 302 valence electrons. The van der Waals surface area contributed by atoms with Gasteiger partial charge in [0.1, 0.15) is 60.5 Å². The van der Waals surface area contributed by atoms with Crippen molar-refractivity contribution in [1.29, 1.82) is 0 Å². The van der Waals surface area contributed by atoms with Gasteiger partial charge in [-0.15, -0.1) is 0 Å². The Morgan fingerprint density at radius 2 is 1.28 bits per heavy atom. The highest BCUT2D eigenvalue weighted by Crippen LogP contribution is 2.48. The van der Waals surface area contributed by atoms with Crippen molar-refractivity contribution in [3.8, 4) is 0 Å². The number of fused-ring (bicyclic) bond motifs is 2. The molecule has 18 atom stereocenters. The predicted octanol–water partition coefficient (Wildman–Crippen LogP) is -6.13. The summed E-state index contributed by atoms with van der Waals surface area (Å²) >= 11 is 0. The molecular formula is C33H44O21. The van der Waals surface area contributed by atoms with Crippen molar-refractivity contribution in [1.82, 2.24) is 0 Å². The molecule has 0 aromatic heterocycles. The van der Waals surface area contributed by atoms with E-state index in [-0.39, 0.29) is 16.7 Å². The van der Waals surface area contributed by atoms with Gasteiger partial charge in [0.15, 0.2) is 12.6 Å². The molecule has 4 heterocycles. The van der Waals surface area contributed by atoms with Crippen molar-refractivity contribution in [3.63, 3.8) is 0 Å². The Bertz CT molecular complexity index is 1510. The topological polar surface area (TPSA) is 331 Å². The lowest BCUT2D eigenvalue weighted by Gasteiger charge is -2.44. The zero-order chi connectivity index (χ0) is 39.2. The Morgan fingerprint density at radius 1 is 0.722 bits per heavy atom. The summed E-state index contributed by atoms with van der Waals surface area (Å²) in [6.45, 7) is -3.05. The van der Waals surface area contributed by atoms with Crippen LogP contribution in [0.1, 0.15) is 0 Å². The maximum absolute atomic E-state index is 13.9. The van der Waals surface area contributed by atoms with Gasteiger partial charge in [-0.2, -0.15) is 0 Å². The lowest BCUT2D eigenvalue weighted by molar-refractivity contribution is -0.346. The highest BCUT2D eigenvalue weighted by Gasteiger charge is 2.57. The van der Waals surface area contributed by atoms with Crippen LogP contribution in [0.15, 0.2) is 47.5 Å². The molecule has 2 fully saturated rings. The minimum atomic E-state index is -2.07. The Labute approximate surface area is 306 Å². The molecule has 11 N–H and O–H groups in total. The maximum atomic E-state index is 13.9. The molecule has 21 heteroatoms. The van der Waals surface area contributed by atoms with Crippen LogP contribution >= 0.6 is 0 Å². The Hall–Kier alpha value is -3.10. The molecule has 0 spiro atoms. The fourth-order valence-corrected chi connectivity index (χ4v) is 7.66. The van der Waals surface area contributed by atoms with Crippen LogP contribution in [0.2, 0.25) is 0 Å². The van der Waals surface area contributed by atoms with Gasteiger partial charge in [-0.1, -0.05) is 12.2 Å². The summed E-state index contributed by atoms with van der Waals surface area (Å²) in [7, 11) is 1.09. The van der Waals surface area contributed by atoms with Crippen molar-refractivity contribution < 1.29 is 104 Å². The van der Waals surface area contributed by atoms with Crippen LogP contribution < -0.4 is 0 Å². The Morgan fingerprint density at radius 3 is 1.81 bits per heavy atom. The Balaban J connectivity index is 1.24. The quantitative estimate of drug-likeness (QED) is 0.0687. The van der Waals surface area contributed by atoms with Crippen molar-refractivity contribution in [2.75, 3.05) is 33.5 Å². The van der Waals surface area contributed by atoms with E-state index >= 15 is 0 Å². The van der Waals surface area contributed by atoms with Gasteiger partial charge in [0.25, 0.3) is 0 Å². The van der Waals surface area contributed by atoms with E-state index in [0.29, 0.717) is 0 Å². The van der Waals surface area contributed by atoms with Crippen molar-refractivity contribution in [2.45, 2.75) is 85.7 Å². The molecule has 2 aliphatic carbocycles. The van der Waals surface area contributed by atoms with Crippen LogP contribution in [0.5, 0.6) is 0 Å². The molecule has 21 nitrogen and oxygen atoms in total. The second kappa shape index (κ2) is 16.2. The molecule has 6 rings (SSSR count). The number of carbonyl (C=O) groups excluding carboxylic acids is 2. The number of aliphatic hydroxyl groups excluding tert-OH is 10. The number of ether oxygens (including phenoxy) is 8. The molecule has 2 saturated heterocycles. The van der Waals surface area contributed by atoms with E-state index in [1.165, 1.54) is 18.2 Å². The fourth-order valence-electron chi connectivity index (χ4n) is 7.66. The van der Waals surface area contributed by atoms with Crippen LogP contribution in [0.4, 0.5) is 0 Å². The Kier molecular flexibility index (Phi) is 12.1. The number of methoxy groups -OCH3 is 1. The maximum Gasteiger partial charge on any atom is 0.338 e. The lowest BCUT2D eigenvalue weighted by atomic mass is 9.79. The van der Waals surface area contributed by atoms with Crippen LogP contribution in [0.25, 0.3) is 0 Å². The molecule has 0 aromatic rings. The zero-order valence-electron chi connectivity index (χ0n) is 28.5. The zero-order valence-corrected chi connectivity index (χ0v) is 28.5. The molecule has 54 heavy (non-hydrogen) atoms. The summed E-state index contributed by atoms with van der Waals surface area (Å²) in [4.78, 5) is 26.9. The van der Waals surface area contributed by atoms with E-state index in [4.69, 9.17) is 37.9 Å². The minimum absolute atomic E-state index is 0.149. The standard InChI is InChI=1S/C33H44O21/c1-47-27(44)14-9-48-29(53-31-25(42)23(40)21(38)16(6-35)51-31)18-11(5-34)4-15(19(14)18)50-28(45)13-8-49-30(20-12(13)2-3-33(20,46)10-37)54-32-26(43)24(41)22(39)17(7-36)52-32/h2-4,8-9,12,15-26,29-32,34-43,46H,5-7,10H2,1H3. The van der Waals surface area contributed by atoms with Gasteiger partial charge in [0.05, 0.1) is 69.0 Å². The smallest absolute Gasteiger partial charge is 0.338 e. The first kappa shape index (κ1) is 40.6. The lowest BCUT2D eigenvalue weighted by Crippen LogP contribution is -2.61. The van der Waals surface area contributed by atoms with Gasteiger partial charge in [-0.3, -0.25) is 0 Å². The van der Waals surface area contributed by atoms with Crippen LogP contribution in [0.3, 0.4) is 0 Å². The summed E-state index contributed by atoms with van der Waals surface area (Å²) in [6, 6.07) is 0. The van der Waals surface area contributed by atoms with Crippen molar-refractivity contribution in [2.24, 2.45) is 23.7 Å². The number of allylic oxidation sites excluding steroid dienone is 1. The van der Waals surface area contributed by atoms with Crippen LogP contribution in [-0.2, 0) is 47.5 Å². The second-order valence-electron chi connectivity index (χ2n) is 13.7. The van der Waals surface area contributed by atoms with E-state index in [0.717, 1.165) is 19.6 Å². The average molecular weight is 777 g/mol. The first-order valence-electron chi connectivity index (χ1n) is 17.0. The van der Waals surface area contributed by atoms with Gasteiger partial charge in [-0.25, -0.2) is 9.59 Å². The molecular weight excluding hydrogens is 732 g/mol. The third-order valence-electron chi connectivity index (χ3n) is 10.6. The number of rotatable bonds is 11. The van der Waals surface area contributed by atoms with E-state index in [1.54, 1.807) is 0 Å². The summed E-state index contributed by atoms with van der Waals surface area (Å²) in [6.07, 6.45) is -15.2.